The molecule has 0 atom stereocenters. The highest BCUT2D eigenvalue weighted by molar-refractivity contribution is 6.31. The van der Waals surface area contributed by atoms with Crippen molar-refractivity contribution < 1.29 is 19.1 Å². The van der Waals surface area contributed by atoms with E-state index in [0.29, 0.717) is 34.1 Å². The van der Waals surface area contributed by atoms with Crippen LogP contribution in [-0.4, -0.2) is 25.9 Å². The van der Waals surface area contributed by atoms with Crippen molar-refractivity contribution >= 4 is 29.5 Å². The number of hydrogen-bond donors (Lipinski definition) is 1. The number of aryl methyl sites for hydroxylation is 1. The van der Waals surface area contributed by atoms with Crippen LogP contribution in [0.1, 0.15) is 15.9 Å². The van der Waals surface area contributed by atoms with Crippen molar-refractivity contribution in [2.75, 3.05) is 19.0 Å². The molecular weight excluding hydrogens is 318 g/mol. The smallest absolute Gasteiger partial charge is 0.262 e. The highest BCUT2D eigenvalue weighted by Crippen LogP contribution is 2.23. The standard InChI is InChI=1S/C17H16ClNO4/c1-11-3-4-13(8-15(11)18)19-17(21)10-23-16-6-5-14(22-2)7-12(16)9-20/h3-9H,10H2,1-2H3,(H,19,21). The molecule has 0 aliphatic rings. The van der Waals surface area contributed by atoms with E-state index >= 15 is 0 Å². The average Bonchev–Trinajstić information content (AvgIpc) is 2.56. The van der Waals surface area contributed by atoms with E-state index in [1.54, 1.807) is 30.3 Å². The van der Waals surface area contributed by atoms with E-state index in [1.165, 1.54) is 7.11 Å². The first-order valence-corrected chi connectivity index (χ1v) is 7.23. The normalized spacial score (nSPS) is 10.0. The molecule has 0 aliphatic heterocycles. The number of rotatable bonds is 6. The second-order valence-electron chi connectivity index (χ2n) is 4.82. The Morgan fingerprint density at radius 2 is 2.04 bits per heavy atom. The summed E-state index contributed by atoms with van der Waals surface area (Å²) in [6, 6.07) is 10.0. The number of ether oxygens (including phenoxy) is 2. The van der Waals surface area contributed by atoms with Crippen LogP contribution in [0.25, 0.3) is 0 Å². The average molecular weight is 334 g/mol. The van der Waals surface area contributed by atoms with E-state index in [9.17, 15) is 9.59 Å². The lowest BCUT2D eigenvalue weighted by Gasteiger charge is -2.10. The number of anilines is 1. The van der Waals surface area contributed by atoms with Gasteiger partial charge in [-0.05, 0) is 42.8 Å². The molecule has 0 saturated heterocycles. The maximum absolute atomic E-state index is 11.9. The van der Waals surface area contributed by atoms with Gasteiger partial charge in [-0.1, -0.05) is 17.7 Å². The Labute approximate surface area is 139 Å². The highest BCUT2D eigenvalue weighted by Gasteiger charge is 2.09. The topological polar surface area (TPSA) is 64.6 Å². The molecule has 0 saturated carbocycles. The first kappa shape index (κ1) is 16.8. The molecule has 5 nitrogen and oxygen atoms in total. The van der Waals surface area contributed by atoms with Crippen molar-refractivity contribution in [1.82, 2.24) is 0 Å². The summed E-state index contributed by atoms with van der Waals surface area (Å²) in [4.78, 5) is 23.0. The van der Waals surface area contributed by atoms with E-state index in [2.05, 4.69) is 5.32 Å². The maximum Gasteiger partial charge on any atom is 0.262 e. The van der Waals surface area contributed by atoms with Crippen molar-refractivity contribution in [2.24, 2.45) is 0 Å². The Hall–Kier alpha value is -2.53. The van der Waals surface area contributed by atoms with Gasteiger partial charge in [-0.15, -0.1) is 0 Å². The lowest BCUT2D eigenvalue weighted by Crippen LogP contribution is -2.20. The van der Waals surface area contributed by atoms with Gasteiger partial charge in [-0.25, -0.2) is 0 Å². The van der Waals surface area contributed by atoms with Crippen molar-refractivity contribution in [1.29, 1.82) is 0 Å². The summed E-state index contributed by atoms with van der Waals surface area (Å²) in [7, 11) is 1.50. The molecule has 2 aromatic rings. The molecule has 0 spiro atoms. The Morgan fingerprint density at radius 3 is 2.70 bits per heavy atom. The molecule has 0 aliphatic carbocycles. The van der Waals surface area contributed by atoms with Crippen LogP contribution in [0, 0.1) is 6.92 Å². The number of carbonyl (C=O) groups is 2. The number of nitrogens with one attached hydrogen (secondary N) is 1. The monoisotopic (exact) mass is 333 g/mol. The van der Waals surface area contributed by atoms with Crippen LogP contribution >= 0.6 is 11.6 Å². The summed E-state index contributed by atoms with van der Waals surface area (Å²) in [5, 5.41) is 3.25. The molecule has 6 heteroatoms. The van der Waals surface area contributed by atoms with Crippen LogP contribution in [0.3, 0.4) is 0 Å². The molecule has 0 unspecified atom stereocenters. The van der Waals surface area contributed by atoms with E-state index in [4.69, 9.17) is 21.1 Å². The Bertz CT molecular complexity index is 731. The number of hydrogen-bond acceptors (Lipinski definition) is 4. The molecule has 0 fully saturated rings. The Kier molecular flexibility index (Phi) is 5.60. The fraction of sp³-hybridized carbons (Fsp3) is 0.176. The molecule has 0 bridgehead atoms. The molecule has 0 radical (unpaired) electrons. The molecule has 0 aromatic heterocycles. The van der Waals surface area contributed by atoms with Gasteiger partial charge in [-0.2, -0.15) is 0 Å². The maximum atomic E-state index is 11.9. The zero-order valence-electron chi connectivity index (χ0n) is 12.8. The van der Waals surface area contributed by atoms with E-state index in [1.807, 2.05) is 13.0 Å². The molecular formula is C17H16ClNO4. The summed E-state index contributed by atoms with van der Waals surface area (Å²) in [6.45, 7) is 1.65. The molecule has 2 rings (SSSR count). The summed E-state index contributed by atoms with van der Waals surface area (Å²) >= 11 is 6.01. The first-order chi connectivity index (χ1) is 11.0. The van der Waals surface area contributed by atoms with Gasteiger partial charge >= 0.3 is 0 Å². The van der Waals surface area contributed by atoms with E-state index in [0.717, 1.165) is 5.56 Å². The second-order valence-corrected chi connectivity index (χ2v) is 5.23. The lowest BCUT2D eigenvalue weighted by atomic mass is 10.2. The van der Waals surface area contributed by atoms with Crippen LogP contribution in [0.2, 0.25) is 5.02 Å². The number of benzene rings is 2. The van der Waals surface area contributed by atoms with Crippen molar-refractivity contribution in [3.63, 3.8) is 0 Å². The van der Waals surface area contributed by atoms with Crippen molar-refractivity contribution in [3.05, 3.63) is 52.5 Å². The van der Waals surface area contributed by atoms with Gasteiger partial charge in [0.15, 0.2) is 12.9 Å². The Balaban J connectivity index is 1.98. The van der Waals surface area contributed by atoms with Gasteiger partial charge in [-0.3, -0.25) is 9.59 Å². The predicted molar refractivity (Wildman–Crippen MR) is 88.7 cm³/mol. The summed E-state index contributed by atoms with van der Waals surface area (Å²) in [6.07, 6.45) is 0.648. The molecule has 1 N–H and O–H groups in total. The first-order valence-electron chi connectivity index (χ1n) is 6.85. The number of carbonyl (C=O) groups excluding carboxylic acids is 2. The summed E-state index contributed by atoms with van der Waals surface area (Å²) in [5.41, 5.74) is 1.82. The Morgan fingerprint density at radius 1 is 1.26 bits per heavy atom. The molecule has 23 heavy (non-hydrogen) atoms. The van der Waals surface area contributed by atoms with Gasteiger partial charge in [0.2, 0.25) is 0 Å². The van der Waals surface area contributed by atoms with Crippen LogP contribution in [0.4, 0.5) is 5.69 Å². The fourth-order valence-electron chi connectivity index (χ4n) is 1.89. The van der Waals surface area contributed by atoms with Gasteiger partial charge in [0.05, 0.1) is 12.7 Å². The predicted octanol–water partition coefficient (Wildman–Crippen LogP) is 3.49. The zero-order valence-corrected chi connectivity index (χ0v) is 13.5. The van der Waals surface area contributed by atoms with Gasteiger partial charge in [0.25, 0.3) is 5.91 Å². The summed E-state index contributed by atoms with van der Waals surface area (Å²) in [5.74, 6) is 0.508. The third-order valence-electron chi connectivity index (χ3n) is 3.16. The fourth-order valence-corrected chi connectivity index (χ4v) is 2.07. The van der Waals surface area contributed by atoms with E-state index in [-0.39, 0.29) is 12.5 Å². The largest absolute Gasteiger partial charge is 0.497 e. The highest BCUT2D eigenvalue weighted by atomic mass is 35.5. The minimum atomic E-state index is -0.349. The molecule has 1 amide bonds. The van der Waals surface area contributed by atoms with Gasteiger partial charge in [0, 0.05) is 10.7 Å². The molecule has 2 aromatic carbocycles. The lowest BCUT2D eigenvalue weighted by molar-refractivity contribution is -0.118. The second kappa shape index (κ2) is 7.65. The minimum Gasteiger partial charge on any atom is -0.497 e. The van der Waals surface area contributed by atoms with Crippen molar-refractivity contribution in [3.8, 4) is 11.5 Å². The van der Waals surface area contributed by atoms with Crippen LogP contribution < -0.4 is 14.8 Å². The molecule has 0 heterocycles. The summed E-state index contributed by atoms with van der Waals surface area (Å²) < 4.78 is 10.4. The van der Waals surface area contributed by atoms with Crippen LogP contribution in [-0.2, 0) is 4.79 Å². The van der Waals surface area contributed by atoms with Crippen LogP contribution in [0.5, 0.6) is 11.5 Å². The van der Waals surface area contributed by atoms with Gasteiger partial charge < -0.3 is 14.8 Å². The zero-order chi connectivity index (χ0) is 16.8. The number of methoxy groups -OCH3 is 1. The van der Waals surface area contributed by atoms with Crippen molar-refractivity contribution in [2.45, 2.75) is 6.92 Å². The number of halogens is 1. The van der Waals surface area contributed by atoms with E-state index < -0.39 is 0 Å². The SMILES string of the molecule is COc1ccc(OCC(=O)Nc2ccc(C)c(Cl)c2)c(C=O)c1. The van der Waals surface area contributed by atoms with Crippen LogP contribution in [0.15, 0.2) is 36.4 Å². The number of amides is 1. The molecule has 120 valence electrons. The van der Waals surface area contributed by atoms with Gasteiger partial charge in [0.1, 0.15) is 11.5 Å². The minimum absolute atomic E-state index is 0.224. The quantitative estimate of drug-likeness (QED) is 0.822. The number of aldehydes is 1. The third-order valence-corrected chi connectivity index (χ3v) is 3.57. The third kappa shape index (κ3) is 4.47.